The number of likely N-dealkylation sites (tertiary alicyclic amines) is 1. The van der Waals surface area contributed by atoms with Crippen LogP contribution in [0.2, 0.25) is 0 Å². The van der Waals surface area contributed by atoms with Crippen LogP contribution in [0.1, 0.15) is 40.0 Å². The fourth-order valence-electron chi connectivity index (χ4n) is 4.40. The van der Waals surface area contributed by atoms with Gasteiger partial charge in [-0.05, 0) is 48.2 Å². The molecule has 8 heteroatoms. The predicted octanol–water partition coefficient (Wildman–Crippen LogP) is 3.65. The second-order valence-corrected chi connectivity index (χ2v) is 9.05. The van der Waals surface area contributed by atoms with Gasteiger partial charge in [0, 0.05) is 37.4 Å². The first-order valence-corrected chi connectivity index (χ1v) is 12.1. The number of piperidine rings is 1. The van der Waals surface area contributed by atoms with Crippen LogP contribution in [-0.2, 0) is 13.1 Å². The van der Waals surface area contributed by atoms with Crippen molar-refractivity contribution in [1.82, 2.24) is 30.2 Å². The van der Waals surface area contributed by atoms with Crippen LogP contribution in [0.5, 0.6) is 0 Å². The Morgan fingerprint density at radius 3 is 2.42 bits per heavy atom. The van der Waals surface area contributed by atoms with E-state index in [-0.39, 0.29) is 11.9 Å². The number of carbonyl (C=O) groups excluding carboxylic acids is 1. The highest BCUT2D eigenvalue weighted by atomic mass is 16.1. The van der Waals surface area contributed by atoms with Gasteiger partial charge in [0.05, 0.1) is 24.4 Å². The van der Waals surface area contributed by atoms with E-state index in [1.54, 1.807) is 16.9 Å². The van der Waals surface area contributed by atoms with Gasteiger partial charge in [-0.3, -0.25) is 14.7 Å². The first-order chi connectivity index (χ1) is 17.7. The van der Waals surface area contributed by atoms with Crippen molar-refractivity contribution < 1.29 is 4.79 Å². The molecule has 1 amide bonds. The van der Waals surface area contributed by atoms with Gasteiger partial charge < -0.3 is 5.32 Å². The summed E-state index contributed by atoms with van der Waals surface area (Å²) >= 11 is 0. The molecule has 5 rings (SSSR count). The van der Waals surface area contributed by atoms with Gasteiger partial charge in [-0.15, -0.1) is 5.10 Å². The standard InChI is InChI=1S/C28H27N7O/c29-16-21-6-8-23(9-7-21)18-34-14-12-25(13-15-34)31-28(36)26-11-10-24(17-30-26)27-20-35(33-32-27)19-22-4-2-1-3-5-22/h1-11,17,20,25H,12-15,18-19H2,(H,31,36). The van der Waals surface area contributed by atoms with Crippen molar-refractivity contribution in [2.75, 3.05) is 13.1 Å². The molecule has 0 unspecified atom stereocenters. The highest BCUT2D eigenvalue weighted by Crippen LogP contribution is 2.17. The largest absolute Gasteiger partial charge is 0.348 e. The molecule has 1 aliphatic heterocycles. The third-order valence-electron chi connectivity index (χ3n) is 6.43. The molecule has 1 fully saturated rings. The summed E-state index contributed by atoms with van der Waals surface area (Å²) < 4.78 is 1.79. The van der Waals surface area contributed by atoms with E-state index in [1.165, 1.54) is 5.56 Å². The van der Waals surface area contributed by atoms with Crippen molar-refractivity contribution in [3.63, 3.8) is 0 Å². The maximum Gasteiger partial charge on any atom is 0.270 e. The van der Waals surface area contributed by atoms with Gasteiger partial charge in [0.1, 0.15) is 11.4 Å². The molecule has 0 atom stereocenters. The highest BCUT2D eigenvalue weighted by Gasteiger charge is 2.22. The minimum absolute atomic E-state index is 0.133. The van der Waals surface area contributed by atoms with E-state index < -0.39 is 0 Å². The molecular formula is C28H27N7O. The Labute approximate surface area is 210 Å². The first-order valence-electron chi connectivity index (χ1n) is 12.1. The van der Waals surface area contributed by atoms with E-state index >= 15 is 0 Å². The zero-order valence-electron chi connectivity index (χ0n) is 19.9. The molecule has 0 spiro atoms. The van der Waals surface area contributed by atoms with Crippen LogP contribution < -0.4 is 5.32 Å². The smallest absolute Gasteiger partial charge is 0.270 e. The number of aromatic nitrogens is 4. The van der Waals surface area contributed by atoms with Gasteiger partial charge in [-0.2, -0.15) is 5.26 Å². The normalized spacial score (nSPS) is 14.3. The van der Waals surface area contributed by atoms with Crippen LogP contribution >= 0.6 is 0 Å². The number of pyridine rings is 1. The number of amides is 1. The molecular weight excluding hydrogens is 450 g/mol. The van der Waals surface area contributed by atoms with E-state index in [0.717, 1.165) is 49.3 Å². The Morgan fingerprint density at radius 1 is 0.972 bits per heavy atom. The second kappa shape index (κ2) is 10.9. The fourth-order valence-corrected chi connectivity index (χ4v) is 4.40. The zero-order chi connectivity index (χ0) is 24.7. The van der Waals surface area contributed by atoms with Crippen molar-refractivity contribution in [3.05, 3.63) is 102 Å². The van der Waals surface area contributed by atoms with Crippen molar-refractivity contribution in [3.8, 4) is 17.3 Å². The summed E-state index contributed by atoms with van der Waals surface area (Å²) in [5, 5.41) is 20.5. The number of nitrogens with one attached hydrogen (secondary N) is 1. The molecule has 1 aliphatic rings. The van der Waals surface area contributed by atoms with Gasteiger partial charge in [-0.25, -0.2) is 4.68 Å². The quantitative estimate of drug-likeness (QED) is 0.436. The lowest BCUT2D eigenvalue weighted by molar-refractivity contribution is 0.0904. The predicted molar refractivity (Wildman–Crippen MR) is 136 cm³/mol. The maximum atomic E-state index is 12.8. The minimum atomic E-state index is -0.153. The Balaban J connectivity index is 1.11. The molecule has 3 heterocycles. The third kappa shape index (κ3) is 5.82. The summed E-state index contributed by atoms with van der Waals surface area (Å²) in [7, 11) is 0. The van der Waals surface area contributed by atoms with Crippen molar-refractivity contribution in [2.45, 2.75) is 32.0 Å². The summed E-state index contributed by atoms with van der Waals surface area (Å²) in [6.07, 6.45) is 5.34. The summed E-state index contributed by atoms with van der Waals surface area (Å²) in [6.45, 7) is 3.32. The monoisotopic (exact) mass is 477 g/mol. The van der Waals surface area contributed by atoms with Gasteiger partial charge >= 0.3 is 0 Å². The van der Waals surface area contributed by atoms with Crippen molar-refractivity contribution in [2.24, 2.45) is 0 Å². The van der Waals surface area contributed by atoms with Gasteiger partial charge in [0.15, 0.2) is 0 Å². The third-order valence-corrected chi connectivity index (χ3v) is 6.43. The zero-order valence-corrected chi connectivity index (χ0v) is 19.9. The van der Waals surface area contributed by atoms with Gasteiger partial charge in [0.2, 0.25) is 0 Å². The van der Waals surface area contributed by atoms with E-state index in [9.17, 15) is 4.79 Å². The summed E-state index contributed by atoms with van der Waals surface area (Å²) in [4.78, 5) is 19.5. The second-order valence-electron chi connectivity index (χ2n) is 9.05. The molecule has 2 aromatic heterocycles. The number of rotatable bonds is 7. The van der Waals surface area contributed by atoms with Crippen LogP contribution in [0.4, 0.5) is 0 Å². The molecule has 36 heavy (non-hydrogen) atoms. The molecule has 4 aromatic rings. The van der Waals surface area contributed by atoms with E-state index in [2.05, 4.69) is 43.7 Å². The van der Waals surface area contributed by atoms with E-state index in [4.69, 9.17) is 5.26 Å². The average Bonchev–Trinajstić information content (AvgIpc) is 3.39. The van der Waals surface area contributed by atoms with Crippen LogP contribution in [0.25, 0.3) is 11.3 Å². The Hall–Kier alpha value is -4.35. The summed E-state index contributed by atoms with van der Waals surface area (Å²) in [5.41, 5.74) is 4.97. The molecule has 1 N–H and O–H groups in total. The number of nitrogens with zero attached hydrogens (tertiary/aromatic N) is 6. The molecule has 0 aliphatic carbocycles. The van der Waals surface area contributed by atoms with Crippen LogP contribution in [0.15, 0.2) is 79.1 Å². The lowest BCUT2D eigenvalue weighted by Crippen LogP contribution is -2.44. The SMILES string of the molecule is N#Cc1ccc(CN2CCC(NC(=O)c3ccc(-c4cn(Cc5ccccc5)nn4)cn3)CC2)cc1. The minimum Gasteiger partial charge on any atom is -0.348 e. The molecule has 0 bridgehead atoms. The van der Waals surface area contributed by atoms with Gasteiger partial charge in [-0.1, -0.05) is 47.7 Å². The Bertz CT molecular complexity index is 1330. The topological polar surface area (TPSA) is 99.7 Å². The summed E-state index contributed by atoms with van der Waals surface area (Å²) in [5.74, 6) is -0.153. The van der Waals surface area contributed by atoms with Crippen LogP contribution in [0.3, 0.4) is 0 Å². The number of hydrogen-bond acceptors (Lipinski definition) is 6. The summed E-state index contributed by atoms with van der Waals surface area (Å²) in [6, 6.07) is 23.7. The number of hydrogen-bond donors (Lipinski definition) is 1. The average molecular weight is 478 g/mol. The molecule has 2 aromatic carbocycles. The fraction of sp³-hybridized carbons (Fsp3) is 0.250. The molecule has 1 saturated heterocycles. The van der Waals surface area contributed by atoms with Crippen LogP contribution in [0, 0.1) is 11.3 Å². The van der Waals surface area contributed by atoms with Crippen LogP contribution in [-0.4, -0.2) is 49.9 Å². The van der Waals surface area contributed by atoms with E-state index in [1.807, 2.05) is 54.7 Å². The Morgan fingerprint density at radius 2 is 1.72 bits per heavy atom. The number of benzene rings is 2. The lowest BCUT2D eigenvalue weighted by atomic mass is 10.0. The molecule has 0 saturated carbocycles. The first kappa shape index (κ1) is 23.4. The van der Waals surface area contributed by atoms with Gasteiger partial charge in [0.25, 0.3) is 5.91 Å². The van der Waals surface area contributed by atoms with E-state index in [0.29, 0.717) is 17.8 Å². The maximum absolute atomic E-state index is 12.8. The Kier molecular flexibility index (Phi) is 7.10. The van der Waals surface area contributed by atoms with Crippen molar-refractivity contribution >= 4 is 5.91 Å². The molecule has 180 valence electrons. The molecule has 0 radical (unpaired) electrons. The van der Waals surface area contributed by atoms with Crippen molar-refractivity contribution in [1.29, 1.82) is 5.26 Å². The lowest BCUT2D eigenvalue weighted by Gasteiger charge is -2.32. The molecule has 8 nitrogen and oxygen atoms in total. The number of nitriles is 1. The highest BCUT2D eigenvalue weighted by molar-refractivity contribution is 5.92. The number of carbonyl (C=O) groups is 1.